The van der Waals surface area contributed by atoms with Crippen LogP contribution in [0.3, 0.4) is 0 Å². The first-order valence-electron chi connectivity index (χ1n) is 9.26. The minimum atomic E-state index is -1.70. The molecule has 2 aromatic rings. The van der Waals surface area contributed by atoms with Crippen molar-refractivity contribution in [2.75, 3.05) is 6.54 Å². The Balaban J connectivity index is 1.93. The number of rotatable bonds is 3. The maximum atomic E-state index is 16.0. The summed E-state index contributed by atoms with van der Waals surface area (Å²) in [4.78, 5) is 28.1. The summed E-state index contributed by atoms with van der Waals surface area (Å²) in [5, 5.41) is 9.50. The molecule has 0 radical (unpaired) electrons. The fraction of sp³-hybridized carbons (Fsp3) is 0.476. The molecule has 1 aliphatic rings. The Morgan fingerprint density at radius 2 is 2.14 bits per heavy atom. The molecule has 0 aromatic carbocycles. The highest BCUT2D eigenvalue weighted by Gasteiger charge is 2.48. The van der Waals surface area contributed by atoms with Gasteiger partial charge in [0.05, 0.1) is 5.69 Å². The van der Waals surface area contributed by atoms with Crippen LogP contribution in [0.2, 0.25) is 0 Å². The lowest BCUT2D eigenvalue weighted by atomic mass is 9.74. The molecule has 0 bridgehead atoms. The Kier molecular flexibility index (Phi) is 5.04. The number of pyridine rings is 1. The Hall–Kier alpha value is -2.70. The quantitative estimate of drug-likeness (QED) is 0.763. The summed E-state index contributed by atoms with van der Waals surface area (Å²) in [6.07, 6.45) is 1.26. The van der Waals surface area contributed by atoms with Crippen molar-refractivity contribution in [3.8, 4) is 11.3 Å². The molecule has 1 fully saturated rings. The van der Waals surface area contributed by atoms with E-state index in [0.29, 0.717) is 28.9 Å². The van der Waals surface area contributed by atoms with Crippen molar-refractivity contribution in [2.24, 2.45) is 5.41 Å². The van der Waals surface area contributed by atoms with Gasteiger partial charge in [0.15, 0.2) is 17.7 Å². The van der Waals surface area contributed by atoms with Gasteiger partial charge in [0.2, 0.25) is 0 Å². The van der Waals surface area contributed by atoms with E-state index in [1.165, 1.54) is 11.1 Å². The highest BCUT2D eigenvalue weighted by atomic mass is 19.1. The fourth-order valence-corrected chi connectivity index (χ4v) is 3.94. The molecular weight excluding hydrogens is 363 g/mol. The zero-order chi connectivity index (χ0) is 20.7. The predicted molar refractivity (Wildman–Crippen MR) is 102 cm³/mol. The van der Waals surface area contributed by atoms with Crippen LogP contribution < -0.4 is 0 Å². The van der Waals surface area contributed by atoms with Gasteiger partial charge in [0, 0.05) is 37.2 Å². The predicted octanol–water partition coefficient (Wildman–Crippen LogP) is 4.82. The Bertz CT molecular complexity index is 902. The number of carbonyl (C=O) groups is 2. The number of nitrogens with zero attached hydrogens (tertiary/aromatic N) is 2. The van der Waals surface area contributed by atoms with E-state index in [-0.39, 0.29) is 25.1 Å². The van der Waals surface area contributed by atoms with Crippen LogP contribution in [0.15, 0.2) is 28.8 Å². The van der Waals surface area contributed by atoms with E-state index in [1.807, 2.05) is 20.8 Å². The number of carboxylic acid groups (broad SMARTS) is 1. The first-order chi connectivity index (χ1) is 13.0. The van der Waals surface area contributed by atoms with Gasteiger partial charge < -0.3 is 14.4 Å². The van der Waals surface area contributed by atoms with Crippen LogP contribution in [-0.4, -0.2) is 40.0 Å². The van der Waals surface area contributed by atoms with Crippen molar-refractivity contribution >= 4 is 12.4 Å². The smallest absolute Gasteiger partial charge is 0.407 e. The number of piperidine rings is 1. The number of aryl methyl sites for hydroxylation is 1. The van der Waals surface area contributed by atoms with Crippen LogP contribution >= 0.6 is 0 Å². The van der Waals surface area contributed by atoms with Crippen molar-refractivity contribution < 1.29 is 23.5 Å². The molecule has 2 aromatic heterocycles. The van der Waals surface area contributed by atoms with Gasteiger partial charge in [-0.15, -0.1) is 0 Å². The third-order valence-electron chi connectivity index (χ3n) is 5.42. The molecule has 0 saturated carbocycles. The number of alkyl halides is 1. The second kappa shape index (κ2) is 7.04. The molecule has 150 valence electrons. The summed E-state index contributed by atoms with van der Waals surface area (Å²) in [5.41, 5.74) is -0.445. The zero-order valence-corrected chi connectivity index (χ0v) is 16.5. The van der Waals surface area contributed by atoms with Crippen LogP contribution in [0.5, 0.6) is 0 Å². The van der Waals surface area contributed by atoms with E-state index in [0.717, 1.165) is 0 Å². The number of halogens is 1. The monoisotopic (exact) mass is 388 g/mol. The van der Waals surface area contributed by atoms with Crippen molar-refractivity contribution in [3.05, 3.63) is 41.4 Å². The number of aromatic nitrogens is 1. The molecule has 0 spiro atoms. The summed E-state index contributed by atoms with van der Waals surface area (Å²) >= 11 is 0. The first kappa shape index (κ1) is 20.0. The summed E-state index contributed by atoms with van der Waals surface area (Å²) in [6, 6.07) is 4.57. The lowest BCUT2D eigenvalue weighted by molar-refractivity contribution is -0.0200. The molecule has 2 atom stereocenters. The van der Waals surface area contributed by atoms with Gasteiger partial charge in [-0.1, -0.05) is 20.8 Å². The van der Waals surface area contributed by atoms with Crippen LogP contribution in [0.25, 0.3) is 11.3 Å². The van der Waals surface area contributed by atoms with E-state index < -0.39 is 23.2 Å². The van der Waals surface area contributed by atoms with Crippen LogP contribution in [0, 0.1) is 12.3 Å². The number of aldehydes is 1. The van der Waals surface area contributed by atoms with Crippen molar-refractivity contribution in [1.29, 1.82) is 0 Å². The number of likely N-dealkylation sites (tertiary alicyclic amines) is 1. The molecule has 3 heterocycles. The average molecular weight is 388 g/mol. The lowest BCUT2D eigenvalue weighted by Crippen LogP contribution is -2.55. The summed E-state index contributed by atoms with van der Waals surface area (Å²) in [7, 11) is 0. The normalized spacial score (nSPS) is 22.9. The first-order valence-corrected chi connectivity index (χ1v) is 9.26. The summed E-state index contributed by atoms with van der Waals surface area (Å²) < 4.78 is 21.4. The minimum Gasteiger partial charge on any atom is -0.465 e. The van der Waals surface area contributed by atoms with Crippen molar-refractivity contribution in [1.82, 2.24) is 9.88 Å². The molecule has 1 saturated heterocycles. The number of furan rings is 1. The maximum Gasteiger partial charge on any atom is 0.407 e. The minimum absolute atomic E-state index is 0.0615. The molecular formula is C21H25FN2O4. The molecule has 28 heavy (non-hydrogen) atoms. The van der Waals surface area contributed by atoms with Crippen LogP contribution in [-0.2, 0) is 5.67 Å². The number of carbonyl (C=O) groups excluding carboxylic acids is 1. The standard InChI is InChI=1S/C21H25FN2O4/c1-13-9-14(16-6-5-15(12-25)28-16)11-23-18(13)21(22)7-8-24(19(26)27)17(10-21)20(2,3)4/h5-6,9,11-12,17H,7-8,10H2,1-4H3,(H,26,27). The molecule has 6 nitrogen and oxygen atoms in total. The Morgan fingerprint density at radius 3 is 2.68 bits per heavy atom. The zero-order valence-electron chi connectivity index (χ0n) is 16.5. The third-order valence-corrected chi connectivity index (χ3v) is 5.42. The van der Waals surface area contributed by atoms with E-state index in [4.69, 9.17) is 4.42 Å². The highest BCUT2D eigenvalue weighted by molar-refractivity contribution is 5.72. The Labute approximate surface area is 163 Å². The highest BCUT2D eigenvalue weighted by Crippen LogP contribution is 2.45. The van der Waals surface area contributed by atoms with Gasteiger partial charge in [-0.3, -0.25) is 9.78 Å². The average Bonchev–Trinajstić information content (AvgIpc) is 3.09. The second-order valence-corrected chi connectivity index (χ2v) is 8.49. The van der Waals surface area contributed by atoms with E-state index in [2.05, 4.69) is 4.98 Å². The van der Waals surface area contributed by atoms with Gasteiger partial charge in [-0.2, -0.15) is 0 Å². The van der Waals surface area contributed by atoms with E-state index in [1.54, 1.807) is 25.1 Å². The second-order valence-electron chi connectivity index (χ2n) is 8.49. The van der Waals surface area contributed by atoms with Crippen molar-refractivity contribution in [3.63, 3.8) is 0 Å². The van der Waals surface area contributed by atoms with Crippen LogP contribution in [0.4, 0.5) is 9.18 Å². The molecule has 1 amide bonds. The van der Waals surface area contributed by atoms with Gasteiger partial charge in [0.1, 0.15) is 5.76 Å². The fourth-order valence-electron chi connectivity index (χ4n) is 3.94. The van der Waals surface area contributed by atoms with E-state index in [9.17, 15) is 14.7 Å². The summed E-state index contributed by atoms with van der Waals surface area (Å²) in [5.74, 6) is 0.707. The lowest BCUT2D eigenvalue weighted by Gasteiger charge is -2.47. The number of hydrogen-bond acceptors (Lipinski definition) is 4. The SMILES string of the molecule is Cc1cc(-c2ccc(C=O)o2)cnc1C1(F)CCN(C(=O)O)C(C(C)(C)C)C1. The Morgan fingerprint density at radius 1 is 1.43 bits per heavy atom. The number of hydrogen-bond donors (Lipinski definition) is 1. The molecule has 1 aliphatic heterocycles. The topological polar surface area (TPSA) is 83.6 Å². The van der Waals surface area contributed by atoms with Gasteiger partial charge in [0.25, 0.3) is 0 Å². The molecule has 0 aliphatic carbocycles. The molecule has 1 N–H and O–H groups in total. The van der Waals surface area contributed by atoms with E-state index >= 15 is 4.39 Å². The van der Waals surface area contributed by atoms with Gasteiger partial charge >= 0.3 is 6.09 Å². The van der Waals surface area contributed by atoms with Gasteiger partial charge in [-0.25, -0.2) is 9.18 Å². The number of amides is 1. The summed E-state index contributed by atoms with van der Waals surface area (Å²) in [6.45, 7) is 7.67. The molecule has 2 unspecified atom stereocenters. The van der Waals surface area contributed by atoms with Crippen molar-refractivity contribution in [2.45, 2.75) is 52.2 Å². The largest absolute Gasteiger partial charge is 0.465 e. The van der Waals surface area contributed by atoms with Crippen LogP contribution in [0.1, 0.15) is 55.4 Å². The third kappa shape index (κ3) is 3.66. The van der Waals surface area contributed by atoms with Gasteiger partial charge in [-0.05, 0) is 36.1 Å². The maximum absolute atomic E-state index is 16.0. The molecule has 3 rings (SSSR count). The molecule has 7 heteroatoms.